The first-order chi connectivity index (χ1) is 25.0. The van der Waals surface area contributed by atoms with Gasteiger partial charge in [0.2, 0.25) is 0 Å². The van der Waals surface area contributed by atoms with Crippen molar-refractivity contribution in [2.75, 3.05) is 0 Å². The number of unbranched alkanes of at least 4 members (excludes halogenated alkanes) is 17. The first-order valence-corrected chi connectivity index (χ1v) is 25.0. The molecule has 0 rings (SSSR count). The summed E-state index contributed by atoms with van der Waals surface area (Å²) in [7, 11) is 0. The van der Waals surface area contributed by atoms with E-state index in [2.05, 4.69) is 111 Å². The van der Waals surface area contributed by atoms with E-state index in [-0.39, 0.29) is 0 Å². The van der Waals surface area contributed by atoms with Crippen LogP contribution in [0.25, 0.3) is 0 Å². The van der Waals surface area contributed by atoms with E-state index in [1.807, 2.05) is 0 Å². The molecule has 0 N–H and O–H groups in total. The standard InChI is InChI=1S/C15H32.C14H30.C13H28.C11H24/c1-14(2)12-10-8-6-5-7-9-11-13-15(3)4;1-13(2)11-9-7-5-6-8-10-12-14(3)4;1-12(2)10-8-6-5-7-9-11-13(3)4;1-10(2)8-6-5-7-9-11(3)4/h14-15H,5-13H2,1-4H3;13-14H,5-12H2,1-4H3;12-13H,5-11H2,1-4H3;10-11H,5-9H2,1-4H3. The first kappa shape index (κ1) is 59.7. The predicted octanol–water partition coefficient (Wildman–Crippen LogP) is 20.5. The van der Waals surface area contributed by atoms with Crippen LogP contribution >= 0.6 is 0 Å². The van der Waals surface area contributed by atoms with Crippen LogP contribution in [0.5, 0.6) is 0 Å². The second-order valence-electron chi connectivity index (χ2n) is 20.9. The molecule has 0 aromatic heterocycles. The fraction of sp³-hybridized carbons (Fsp3) is 1.00. The molecule has 0 aromatic rings. The van der Waals surface area contributed by atoms with E-state index in [1.165, 1.54) is 186 Å². The molecule has 0 atom stereocenters. The van der Waals surface area contributed by atoms with Crippen LogP contribution in [0.1, 0.15) is 297 Å². The van der Waals surface area contributed by atoms with Crippen molar-refractivity contribution < 1.29 is 0 Å². The van der Waals surface area contributed by atoms with Crippen LogP contribution in [0.15, 0.2) is 0 Å². The average molecular weight is 751 g/mol. The van der Waals surface area contributed by atoms with Crippen molar-refractivity contribution in [3.8, 4) is 0 Å². The highest BCUT2D eigenvalue weighted by atomic mass is 14.1. The van der Waals surface area contributed by atoms with Crippen molar-refractivity contribution in [3.05, 3.63) is 0 Å². The van der Waals surface area contributed by atoms with Gasteiger partial charge in [0, 0.05) is 0 Å². The van der Waals surface area contributed by atoms with E-state index in [9.17, 15) is 0 Å². The quantitative estimate of drug-likeness (QED) is 0.0586. The Balaban J connectivity index is -0.000000304. The molecule has 53 heavy (non-hydrogen) atoms. The smallest absolute Gasteiger partial charge is 0.0471 e. The SMILES string of the molecule is CC(C)CCCCCC(C)C.CC(C)CCCCCCCC(C)C.CC(C)CCCCCCCCC(C)C.CC(C)CCCCCCCCCC(C)C. The summed E-state index contributed by atoms with van der Waals surface area (Å²) in [5.74, 6) is 7.19. The fourth-order valence-electron chi connectivity index (χ4n) is 6.72. The van der Waals surface area contributed by atoms with Crippen LogP contribution in [0, 0.1) is 47.3 Å². The van der Waals surface area contributed by atoms with Gasteiger partial charge in [0.1, 0.15) is 0 Å². The van der Waals surface area contributed by atoms with Crippen LogP contribution in [-0.4, -0.2) is 0 Å². The minimum Gasteiger partial charge on any atom is -0.0628 e. The lowest BCUT2D eigenvalue weighted by molar-refractivity contribution is 0.486. The second-order valence-corrected chi connectivity index (χ2v) is 20.9. The molecule has 0 unspecified atom stereocenters. The maximum absolute atomic E-state index is 2.33. The lowest BCUT2D eigenvalue weighted by atomic mass is 10.0. The lowest BCUT2D eigenvalue weighted by Gasteiger charge is -2.05. The van der Waals surface area contributed by atoms with Gasteiger partial charge in [-0.15, -0.1) is 0 Å². The Hall–Kier alpha value is 0. The maximum Gasteiger partial charge on any atom is -0.0471 e. The lowest BCUT2D eigenvalue weighted by Crippen LogP contribution is -1.89. The van der Waals surface area contributed by atoms with Gasteiger partial charge in [0.15, 0.2) is 0 Å². The van der Waals surface area contributed by atoms with Crippen molar-refractivity contribution in [1.29, 1.82) is 0 Å². The van der Waals surface area contributed by atoms with Gasteiger partial charge in [-0.3, -0.25) is 0 Å². The minimum atomic E-state index is 0.897. The Bertz CT molecular complexity index is 541. The summed E-state index contributed by atoms with van der Waals surface area (Å²) in [6, 6.07) is 0. The molecule has 0 nitrogen and oxygen atoms in total. The maximum atomic E-state index is 2.33. The molecule has 326 valence electrons. The van der Waals surface area contributed by atoms with E-state index in [1.54, 1.807) is 0 Å². The van der Waals surface area contributed by atoms with Crippen molar-refractivity contribution >= 4 is 0 Å². The molecular weight excluding hydrogens is 637 g/mol. The van der Waals surface area contributed by atoms with Gasteiger partial charge in [-0.25, -0.2) is 0 Å². The predicted molar refractivity (Wildman–Crippen MR) is 253 cm³/mol. The third-order valence-corrected chi connectivity index (χ3v) is 10.5. The molecule has 0 heterocycles. The topological polar surface area (TPSA) is 0 Å². The van der Waals surface area contributed by atoms with Crippen LogP contribution in [0.4, 0.5) is 0 Å². The molecular formula is C53H114. The van der Waals surface area contributed by atoms with Gasteiger partial charge in [0.25, 0.3) is 0 Å². The van der Waals surface area contributed by atoms with Gasteiger partial charge in [-0.2, -0.15) is 0 Å². The number of hydrogen-bond acceptors (Lipinski definition) is 0. The van der Waals surface area contributed by atoms with Crippen LogP contribution in [0.3, 0.4) is 0 Å². The highest BCUT2D eigenvalue weighted by Gasteiger charge is 1.99. The fourth-order valence-corrected chi connectivity index (χ4v) is 6.72. The summed E-state index contributed by atoms with van der Waals surface area (Å²) < 4.78 is 0. The minimum absolute atomic E-state index is 0.897. The zero-order valence-electron chi connectivity index (χ0n) is 41.1. The Morgan fingerprint density at radius 3 is 0.302 bits per heavy atom. The Morgan fingerprint density at radius 1 is 0.132 bits per heavy atom. The molecule has 0 saturated carbocycles. The molecule has 0 heteroatoms. The van der Waals surface area contributed by atoms with E-state index < -0.39 is 0 Å². The first-order valence-electron chi connectivity index (χ1n) is 25.0. The molecule has 0 aliphatic heterocycles. The second kappa shape index (κ2) is 48.1. The molecule has 0 aromatic carbocycles. The number of hydrogen-bond donors (Lipinski definition) is 0. The van der Waals surface area contributed by atoms with Crippen molar-refractivity contribution in [3.63, 3.8) is 0 Å². The van der Waals surface area contributed by atoms with E-state index in [4.69, 9.17) is 0 Å². The normalized spacial score (nSPS) is 11.5. The monoisotopic (exact) mass is 751 g/mol. The Kier molecular flexibility index (Phi) is 54.2. The van der Waals surface area contributed by atoms with Crippen molar-refractivity contribution in [1.82, 2.24) is 0 Å². The summed E-state index contributed by atoms with van der Waals surface area (Å²) in [5, 5.41) is 0. The molecule has 0 radical (unpaired) electrons. The molecule has 0 aliphatic rings. The highest BCUT2D eigenvalue weighted by molar-refractivity contribution is 4.54. The van der Waals surface area contributed by atoms with Crippen LogP contribution in [0.2, 0.25) is 0 Å². The zero-order chi connectivity index (χ0) is 41.1. The van der Waals surface area contributed by atoms with E-state index >= 15 is 0 Å². The third kappa shape index (κ3) is 77.3. The molecule has 0 bridgehead atoms. The van der Waals surface area contributed by atoms with Gasteiger partial charge in [-0.1, -0.05) is 297 Å². The summed E-state index contributed by atoms with van der Waals surface area (Å²) in [6.45, 7) is 37.1. The van der Waals surface area contributed by atoms with E-state index in [0.29, 0.717) is 0 Å². The summed E-state index contributed by atoms with van der Waals surface area (Å²) in [6.07, 6.45) is 41.9. The molecule has 0 fully saturated rings. The van der Waals surface area contributed by atoms with Crippen molar-refractivity contribution in [2.24, 2.45) is 47.3 Å². The molecule has 0 aliphatic carbocycles. The molecule has 0 amide bonds. The Morgan fingerprint density at radius 2 is 0.208 bits per heavy atom. The summed E-state index contributed by atoms with van der Waals surface area (Å²) in [5.41, 5.74) is 0. The van der Waals surface area contributed by atoms with Gasteiger partial charge in [-0.05, 0) is 47.3 Å². The highest BCUT2D eigenvalue weighted by Crippen LogP contribution is 2.17. The zero-order valence-corrected chi connectivity index (χ0v) is 41.1. The number of rotatable bonds is 33. The summed E-state index contributed by atoms with van der Waals surface area (Å²) >= 11 is 0. The Labute approximate surface area is 343 Å². The van der Waals surface area contributed by atoms with E-state index in [0.717, 1.165) is 47.3 Å². The molecule has 0 spiro atoms. The van der Waals surface area contributed by atoms with Crippen LogP contribution in [-0.2, 0) is 0 Å². The third-order valence-electron chi connectivity index (χ3n) is 10.5. The molecule has 0 saturated heterocycles. The van der Waals surface area contributed by atoms with Crippen molar-refractivity contribution in [2.45, 2.75) is 297 Å². The largest absolute Gasteiger partial charge is 0.0628 e. The summed E-state index contributed by atoms with van der Waals surface area (Å²) in [4.78, 5) is 0. The van der Waals surface area contributed by atoms with Crippen LogP contribution < -0.4 is 0 Å². The van der Waals surface area contributed by atoms with Gasteiger partial charge in [0.05, 0.1) is 0 Å². The van der Waals surface area contributed by atoms with Gasteiger partial charge < -0.3 is 0 Å². The van der Waals surface area contributed by atoms with Gasteiger partial charge >= 0.3 is 0 Å². The average Bonchev–Trinajstić information content (AvgIpc) is 3.04.